The molecule has 0 atom stereocenters. The molecule has 0 bridgehead atoms. The number of rotatable bonds is 9. The lowest BCUT2D eigenvalue weighted by Crippen LogP contribution is -2.38. The summed E-state index contributed by atoms with van der Waals surface area (Å²) in [7, 11) is 0.214. The van der Waals surface area contributed by atoms with Gasteiger partial charge in [0, 0.05) is 19.3 Å². The minimum absolute atomic E-state index is 0.0409. The van der Waals surface area contributed by atoms with Gasteiger partial charge in [-0.3, -0.25) is 4.99 Å². The van der Waals surface area contributed by atoms with Crippen molar-refractivity contribution in [1.29, 1.82) is 0 Å². The first-order valence-electron chi connectivity index (χ1n) is 7.80. The molecule has 0 spiro atoms. The number of guanidine groups is 1. The molecule has 0 aliphatic carbocycles. The van der Waals surface area contributed by atoms with Gasteiger partial charge in [-0.15, -0.1) is 0 Å². The van der Waals surface area contributed by atoms with Gasteiger partial charge >= 0.3 is 0 Å². The van der Waals surface area contributed by atoms with E-state index in [0.29, 0.717) is 30.5 Å². The van der Waals surface area contributed by atoms with Crippen molar-refractivity contribution in [2.45, 2.75) is 13.3 Å². The lowest BCUT2D eigenvalue weighted by atomic mass is 10.1. The molecule has 1 rings (SSSR count). The summed E-state index contributed by atoms with van der Waals surface area (Å²) >= 11 is 0. The van der Waals surface area contributed by atoms with Crippen LogP contribution in [0, 0.1) is 0 Å². The summed E-state index contributed by atoms with van der Waals surface area (Å²) in [6, 6.07) is 5.80. The van der Waals surface area contributed by atoms with Crippen molar-refractivity contribution in [1.82, 2.24) is 10.6 Å². The summed E-state index contributed by atoms with van der Waals surface area (Å²) in [6.45, 7) is 3.58. The minimum Gasteiger partial charge on any atom is -0.493 e. The number of sulfone groups is 1. The molecule has 2 N–H and O–H groups in total. The normalized spacial score (nSPS) is 11.9. The lowest BCUT2D eigenvalue weighted by Gasteiger charge is -2.12. The molecule has 0 aliphatic heterocycles. The Bertz CT molecular complexity index is 645. The Hall–Kier alpha value is -1.96. The number of nitrogens with zero attached hydrogens (tertiary/aromatic N) is 1. The van der Waals surface area contributed by atoms with Gasteiger partial charge in [-0.2, -0.15) is 0 Å². The molecule has 0 unspecified atom stereocenters. The van der Waals surface area contributed by atoms with Gasteiger partial charge in [0.15, 0.2) is 17.5 Å². The maximum atomic E-state index is 11.2. The Morgan fingerprint density at radius 2 is 1.88 bits per heavy atom. The number of benzene rings is 1. The number of methoxy groups -OCH3 is 2. The summed E-state index contributed by atoms with van der Waals surface area (Å²) < 4.78 is 32.8. The number of aliphatic imine (C=N–C) groups is 1. The standard InChI is InChI=1S/C16H27N3O4S/c1-5-17-16(19-10-11-24(4,20)21)18-9-8-13-6-7-14(22-2)15(12-13)23-3/h6-7,12H,5,8-11H2,1-4H3,(H2,17,18,19). The zero-order valence-electron chi connectivity index (χ0n) is 14.8. The Kier molecular flexibility index (Phi) is 8.39. The van der Waals surface area contributed by atoms with Crippen molar-refractivity contribution in [2.24, 2.45) is 4.99 Å². The van der Waals surface area contributed by atoms with E-state index in [1.165, 1.54) is 6.26 Å². The molecule has 0 radical (unpaired) electrons. The first-order valence-corrected chi connectivity index (χ1v) is 9.86. The van der Waals surface area contributed by atoms with Crippen LogP contribution in [0.1, 0.15) is 12.5 Å². The van der Waals surface area contributed by atoms with Crippen LogP contribution in [0.25, 0.3) is 0 Å². The van der Waals surface area contributed by atoms with Gasteiger partial charge in [-0.1, -0.05) is 6.07 Å². The van der Waals surface area contributed by atoms with Crippen LogP contribution in [-0.2, 0) is 16.3 Å². The van der Waals surface area contributed by atoms with Crippen LogP contribution >= 0.6 is 0 Å². The molecule has 0 aromatic heterocycles. The highest BCUT2D eigenvalue weighted by molar-refractivity contribution is 7.90. The fraction of sp³-hybridized carbons (Fsp3) is 0.562. The molecule has 0 fully saturated rings. The van der Waals surface area contributed by atoms with Gasteiger partial charge in [0.05, 0.1) is 26.5 Å². The molecule has 24 heavy (non-hydrogen) atoms. The van der Waals surface area contributed by atoms with E-state index < -0.39 is 9.84 Å². The highest BCUT2D eigenvalue weighted by atomic mass is 32.2. The summed E-state index contributed by atoms with van der Waals surface area (Å²) in [5.41, 5.74) is 1.10. The fourth-order valence-corrected chi connectivity index (χ4v) is 2.45. The molecule has 7 nitrogen and oxygen atoms in total. The Labute approximate surface area is 144 Å². The highest BCUT2D eigenvalue weighted by Crippen LogP contribution is 2.27. The second-order valence-corrected chi connectivity index (χ2v) is 7.52. The van der Waals surface area contributed by atoms with E-state index in [1.54, 1.807) is 14.2 Å². The second-order valence-electron chi connectivity index (χ2n) is 5.26. The van der Waals surface area contributed by atoms with Gasteiger partial charge in [-0.25, -0.2) is 8.42 Å². The first kappa shape index (κ1) is 20.1. The molecule has 1 aromatic rings. The predicted molar refractivity (Wildman–Crippen MR) is 96.9 cm³/mol. The summed E-state index contributed by atoms with van der Waals surface area (Å²) in [4.78, 5) is 4.26. The lowest BCUT2D eigenvalue weighted by molar-refractivity contribution is 0.354. The van der Waals surface area contributed by atoms with Crippen molar-refractivity contribution in [3.05, 3.63) is 23.8 Å². The van der Waals surface area contributed by atoms with Gasteiger partial charge < -0.3 is 20.1 Å². The van der Waals surface area contributed by atoms with E-state index in [-0.39, 0.29) is 12.3 Å². The average molecular weight is 357 g/mol. The van der Waals surface area contributed by atoms with Gasteiger partial charge in [0.25, 0.3) is 0 Å². The molecule has 1 aromatic carbocycles. The maximum Gasteiger partial charge on any atom is 0.191 e. The summed E-state index contributed by atoms with van der Waals surface area (Å²) in [6.07, 6.45) is 1.98. The first-order chi connectivity index (χ1) is 11.4. The van der Waals surface area contributed by atoms with Crippen molar-refractivity contribution in [2.75, 3.05) is 45.9 Å². The van der Waals surface area contributed by atoms with Crippen LogP contribution < -0.4 is 20.1 Å². The maximum absolute atomic E-state index is 11.2. The van der Waals surface area contributed by atoms with Crippen molar-refractivity contribution < 1.29 is 17.9 Å². The largest absolute Gasteiger partial charge is 0.493 e. The van der Waals surface area contributed by atoms with E-state index in [0.717, 1.165) is 12.0 Å². The van der Waals surface area contributed by atoms with E-state index in [2.05, 4.69) is 15.6 Å². The second kappa shape index (κ2) is 10.0. The smallest absolute Gasteiger partial charge is 0.191 e. The van der Waals surface area contributed by atoms with E-state index >= 15 is 0 Å². The fourth-order valence-electron chi connectivity index (χ4n) is 2.03. The van der Waals surface area contributed by atoms with E-state index in [4.69, 9.17) is 9.47 Å². The molecule has 136 valence electrons. The third kappa shape index (κ3) is 7.54. The third-order valence-electron chi connectivity index (χ3n) is 3.23. The molecule has 0 saturated heterocycles. The summed E-state index contributed by atoms with van der Waals surface area (Å²) in [5, 5.41) is 6.29. The van der Waals surface area contributed by atoms with E-state index in [9.17, 15) is 8.42 Å². The van der Waals surface area contributed by atoms with Gasteiger partial charge in [0.1, 0.15) is 9.84 Å². The molecule has 0 saturated carbocycles. The average Bonchev–Trinajstić information content (AvgIpc) is 2.53. The molecule has 0 aliphatic rings. The van der Waals surface area contributed by atoms with Crippen molar-refractivity contribution >= 4 is 15.8 Å². The number of hydrogen-bond donors (Lipinski definition) is 2. The number of nitrogens with one attached hydrogen (secondary N) is 2. The number of hydrogen-bond acceptors (Lipinski definition) is 5. The van der Waals surface area contributed by atoms with Crippen LogP contribution in [0.5, 0.6) is 11.5 Å². The van der Waals surface area contributed by atoms with Crippen LogP contribution in [0.15, 0.2) is 23.2 Å². The molecule has 0 amide bonds. The van der Waals surface area contributed by atoms with E-state index in [1.807, 2.05) is 25.1 Å². The highest BCUT2D eigenvalue weighted by Gasteiger charge is 2.05. The Morgan fingerprint density at radius 3 is 2.46 bits per heavy atom. The minimum atomic E-state index is -3.00. The Morgan fingerprint density at radius 1 is 1.17 bits per heavy atom. The topological polar surface area (TPSA) is 89.0 Å². The van der Waals surface area contributed by atoms with Crippen LogP contribution in [-0.4, -0.2) is 60.2 Å². The number of ether oxygens (including phenoxy) is 2. The van der Waals surface area contributed by atoms with Crippen LogP contribution in [0.3, 0.4) is 0 Å². The monoisotopic (exact) mass is 357 g/mol. The SMILES string of the molecule is CCNC(=NCCS(C)(=O)=O)NCCc1ccc(OC)c(OC)c1. The van der Waals surface area contributed by atoms with Gasteiger partial charge in [-0.05, 0) is 31.0 Å². The zero-order chi connectivity index (χ0) is 18.0. The molecule has 8 heteroatoms. The molecular weight excluding hydrogens is 330 g/mol. The van der Waals surface area contributed by atoms with Crippen LogP contribution in [0.2, 0.25) is 0 Å². The summed E-state index contributed by atoms with van der Waals surface area (Å²) in [5.74, 6) is 2.05. The van der Waals surface area contributed by atoms with Gasteiger partial charge in [0.2, 0.25) is 0 Å². The Balaban J connectivity index is 2.57. The predicted octanol–water partition coefficient (Wildman–Crippen LogP) is 0.846. The van der Waals surface area contributed by atoms with Crippen molar-refractivity contribution in [3.63, 3.8) is 0 Å². The molecular formula is C16H27N3O4S. The third-order valence-corrected chi connectivity index (χ3v) is 4.15. The molecule has 0 heterocycles. The van der Waals surface area contributed by atoms with Crippen molar-refractivity contribution in [3.8, 4) is 11.5 Å². The zero-order valence-corrected chi connectivity index (χ0v) is 15.6. The quantitative estimate of drug-likeness (QED) is 0.503. The van der Waals surface area contributed by atoms with Crippen LogP contribution in [0.4, 0.5) is 0 Å².